The van der Waals surface area contributed by atoms with Gasteiger partial charge in [0.15, 0.2) is 0 Å². The zero-order valence-corrected chi connectivity index (χ0v) is 20.8. The first-order valence-corrected chi connectivity index (χ1v) is 12.2. The summed E-state index contributed by atoms with van der Waals surface area (Å²) in [6, 6.07) is 13.5. The number of carbonyl (C=O) groups is 1. The van der Waals surface area contributed by atoms with Crippen molar-refractivity contribution in [3.8, 4) is 5.75 Å². The number of likely N-dealkylation sites (N-methyl/N-ethyl adjacent to an activating group) is 1. The number of carboxylic acid groups (broad SMARTS) is 1. The Morgan fingerprint density at radius 3 is 2.32 bits per heavy atom. The smallest absolute Gasteiger partial charge is 0.336 e. The molecule has 1 aliphatic carbocycles. The molecule has 34 heavy (non-hydrogen) atoms. The molecule has 1 N–H and O–H groups in total. The third kappa shape index (κ3) is 4.05. The molecule has 178 valence electrons. The molecular formula is C29H34N2O3. The lowest BCUT2D eigenvalue weighted by Gasteiger charge is -2.39. The third-order valence-electron chi connectivity index (χ3n) is 7.00. The maximum absolute atomic E-state index is 12.1. The van der Waals surface area contributed by atoms with Crippen LogP contribution in [0.4, 0.5) is 5.69 Å². The van der Waals surface area contributed by atoms with E-state index in [0.29, 0.717) is 5.56 Å². The molecule has 4 rings (SSSR count). The highest BCUT2D eigenvalue weighted by Gasteiger charge is 2.35. The highest BCUT2D eigenvalue weighted by atomic mass is 16.5. The predicted octanol–water partition coefficient (Wildman–Crippen LogP) is 5.98. The fourth-order valence-electron chi connectivity index (χ4n) is 5.15. The van der Waals surface area contributed by atoms with Crippen molar-refractivity contribution in [2.45, 2.75) is 40.2 Å². The summed E-state index contributed by atoms with van der Waals surface area (Å²) in [6.07, 6.45) is 6.47. The first kappa shape index (κ1) is 23.8. The van der Waals surface area contributed by atoms with Crippen LogP contribution in [0.3, 0.4) is 0 Å². The number of hydrogen-bond acceptors (Lipinski definition) is 4. The first-order valence-electron chi connectivity index (χ1n) is 12.2. The molecule has 0 saturated heterocycles. The molecule has 0 amide bonds. The van der Waals surface area contributed by atoms with E-state index < -0.39 is 5.97 Å². The van der Waals surface area contributed by atoms with Gasteiger partial charge in [-0.25, -0.2) is 4.79 Å². The lowest BCUT2D eigenvalue weighted by Crippen LogP contribution is -2.44. The van der Waals surface area contributed by atoms with E-state index in [2.05, 4.69) is 80.8 Å². The minimum absolute atomic E-state index is 0.284. The van der Waals surface area contributed by atoms with Crippen LogP contribution in [0.1, 0.15) is 56.1 Å². The zero-order chi connectivity index (χ0) is 24.5. The summed E-state index contributed by atoms with van der Waals surface area (Å²) < 4.78 is 6.55. The lowest BCUT2D eigenvalue weighted by atomic mass is 9.82. The molecule has 5 heteroatoms. The van der Waals surface area contributed by atoms with Gasteiger partial charge in [0.2, 0.25) is 0 Å². The summed E-state index contributed by atoms with van der Waals surface area (Å²) in [5, 5.41) is 9.94. The Morgan fingerprint density at radius 2 is 1.68 bits per heavy atom. The number of hydrogen-bond donors (Lipinski definition) is 1. The minimum Gasteiger partial charge on any atom is -0.478 e. The van der Waals surface area contributed by atoms with E-state index in [9.17, 15) is 9.90 Å². The van der Waals surface area contributed by atoms with Crippen LogP contribution in [0.15, 0.2) is 72.0 Å². The monoisotopic (exact) mass is 458 g/mol. The molecule has 0 saturated carbocycles. The van der Waals surface area contributed by atoms with Gasteiger partial charge in [-0.2, -0.15) is 0 Å². The number of benzene rings is 2. The fraction of sp³-hybridized carbons (Fsp3) is 0.345. The number of fused-ring (bicyclic) bond motifs is 2. The number of anilines is 1. The second-order valence-electron chi connectivity index (χ2n) is 8.83. The van der Waals surface area contributed by atoms with E-state index in [1.165, 1.54) is 0 Å². The molecular weight excluding hydrogens is 424 g/mol. The standard InChI is InChI=1S/C29H34N2O3/c1-6-30(7-2)20-14-15-23-25(18-20)34-26-19-29(5,31(8-3)9-4)17-16-24(26)27(23)21-12-10-11-13-22(21)28(32)33/h10-19H,6-9H2,1-5H3,(H,32,33). The fourth-order valence-corrected chi connectivity index (χ4v) is 5.15. The second-order valence-corrected chi connectivity index (χ2v) is 8.83. The summed E-state index contributed by atoms with van der Waals surface area (Å²) in [7, 11) is 0. The van der Waals surface area contributed by atoms with Crippen molar-refractivity contribution in [1.82, 2.24) is 4.90 Å². The van der Waals surface area contributed by atoms with Gasteiger partial charge in [-0.1, -0.05) is 44.2 Å². The summed E-state index contributed by atoms with van der Waals surface area (Å²) in [4.78, 5) is 16.8. The number of carboxylic acids is 1. The van der Waals surface area contributed by atoms with Crippen LogP contribution in [-0.2, 0) is 0 Å². The van der Waals surface area contributed by atoms with E-state index in [4.69, 9.17) is 4.74 Å². The molecule has 0 aromatic heterocycles. The van der Waals surface area contributed by atoms with Crippen molar-refractivity contribution in [2.24, 2.45) is 0 Å². The highest BCUT2D eigenvalue weighted by molar-refractivity contribution is 6.00. The Kier molecular flexibility index (Phi) is 6.67. The van der Waals surface area contributed by atoms with Crippen LogP contribution in [0.5, 0.6) is 5.75 Å². The SMILES string of the molecule is CCN(CC)c1ccc2c(c1)OC1=CC(C)(N(CC)CC)C=CC1=C2c1ccccc1C(=O)O. The van der Waals surface area contributed by atoms with Gasteiger partial charge in [-0.3, -0.25) is 4.90 Å². The number of rotatable bonds is 8. The van der Waals surface area contributed by atoms with Crippen LogP contribution in [0, 0.1) is 0 Å². The van der Waals surface area contributed by atoms with Crippen LogP contribution < -0.4 is 9.64 Å². The summed E-state index contributed by atoms with van der Waals surface area (Å²) >= 11 is 0. The topological polar surface area (TPSA) is 53.0 Å². The van der Waals surface area contributed by atoms with Gasteiger partial charge in [-0.15, -0.1) is 0 Å². The summed E-state index contributed by atoms with van der Waals surface area (Å²) in [6.45, 7) is 14.4. The molecule has 0 spiro atoms. The molecule has 1 heterocycles. The number of ether oxygens (including phenoxy) is 1. The highest BCUT2D eigenvalue weighted by Crippen LogP contribution is 2.46. The van der Waals surface area contributed by atoms with E-state index >= 15 is 0 Å². The lowest BCUT2D eigenvalue weighted by molar-refractivity contribution is 0.0696. The Bertz CT molecular complexity index is 1190. The average molecular weight is 459 g/mol. The van der Waals surface area contributed by atoms with Gasteiger partial charge in [-0.05, 0) is 63.7 Å². The van der Waals surface area contributed by atoms with Crippen LogP contribution >= 0.6 is 0 Å². The van der Waals surface area contributed by atoms with Crippen molar-refractivity contribution in [3.05, 3.63) is 88.7 Å². The normalized spacial score (nSPS) is 18.8. The zero-order valence-electron chi connectivity index (χ0n) is 20.8. The van der Waals surface area contributed by atoms with Gasteiger partial charge in [0.25, 0.3) is 0 Å². The Morgan fingerprint density at radius 1 is 0.971 bits per heavy atom. The quantitative estimate of drug-likeness (QED) is 0.527. The van der Waals surface area contributed by atoms with Gasteiger partial charge >= 0.3 is 5.97 Å². The predicted molar refractivity (Wildman–Crippen MR) is 139 cm³/mol. The summed E-state index contributed by atoms with van der Waals surface area (Å²) in [5.74, 6) is 0.595. The van der Waals surface area contributed by atoms with E-state index in [1.807, 2.05) is 12.1 Å². The Hall–Kier alpha value is -3.31. The van der Waals surface area contributed by atoms with Crippen molar-refractivity contribution in [1.29, 1.82) is 0 Å². The molecule has 0 fully saturated rings. The second kappa shape index (κ2) is 9.51. The third-order valence-corrected chi connectivity index (χ3v) is 7.00. The molecule has 2 aromatic carbocycles. The van der Waals surface area contributed by atoms with Gasteiger partial charge in [0.1, 0.15) is 11.5 Å². The van der Waals surface area contributed by atoms with Crippen molar-refractivity contribution in [2.75, 3.05) is 31.1 Å². The first-order chi connectivity index (χ1) is 16.4. The minimum atomic E-state index is -0.935. The van der Waals surface area contributed by atoms with Crippen LogP contribution in [0.2, 0.25) is 0 Å². The Labute approximate surface area is 202 Å². The maximum atomic E-state index is 12.1. The number of aromatic carboxylic acids is 1. The molecule has 0 radical (unpaired) electrons. The molecule has 2 aromatic rings. The van der Waals surface area contributed by atoms with Crippen molar-refractivity contribution >= 4 is 17.2 Å². The van der Waals surface area contributed by atoms with Crippen LogP contribution in [0.25, 0.3) is 5.57 Å². The summed E-state index contributed by atoms with van der Waals surface area (Å²) in [5.41, 5.74) is 4.52. The van der Waals surface area contributed by atoms with Gasteiger partial charge < -0.3 is 14.7 Å². The van der Waals surface area contributed by atoms with Crippen molar-refractivity contribution in [3.63, 3.8) is 0 Å². The molecule has 2 aliphatic rings. The Balaban J connectivity index is 1.97. The van der Waals surface area contributed by atoms with Crippen LogP contribution in [-0.4, -0.2) is 47.7 Å². The van der Waals surface area contributed by atoms with Crippen molar-refractivity contribution < 1.29 is 14.6 Å². The molecule has 1 aliphatic heterocycles. The van der Waals surface area contributed by atoms with Gasteiger partial charge in [0, 0.05) is 41.6 Å². The van der Waals surface area contributed by atoms with Gasteiger partial charge in [0.05, 0.1) is 11.1 Å². The largest absolute Gasteiger partial charge is 0.478 e. The maximum Gasteiger partial charge on any atom is 0.336 e. The average Bonchev–Trinajstić information content (AvgIpc) is 2.83. The molecule has 5 nitrogen and oxygen atoms in total. The van der Waals surface area contributed by atoms with E-state index in [0.717, 1.165) is 60.1 Å². The van der Waals surface area contributed by atoms with E-state index in [-0.39, 0.29) is 11.1 Å². The number of allylic oxidation sites excluding steroid dienone is 1. The molecule has 0 bridgehead atoms. The molecule has 1 atom stereocenters. The van der Waals surface area contributed by atoms with E-state index in [1.54, 1.807) is 12.1 Å². The number of nitrogens with zero attached hydrogens (tertiary/aromatic N) is 2. The molecule has 1 unspecified atom stereocenters.